The fraction of sp³-hybridized carbons (Fsp3) is 0.667. The van der Waals surface area contributed by atoms with Crippen LogP contribution in [0.4, 0.5) is 0 Å². The minimum atomic E-state index is -0.207. The number of rotatable bonds is 2. The molecule has 0 saturated heterocycles. The lowest BCUT2D eigenvalue weighted by Crippen LogP contribution is -2.49. The first-order chi connectivity index (χ1) is 12.0. The molecule has 2 unspecified atom stereocenters. The van der Waals surface area contributed by atoms with E-state index in [1.165, 1.54) is 19.3 Å². The highest BCUT2D eigenvalue weighted by Crippen LogP contribution is 2.51. The van der Waals surface area contributed by atoms with E-state index in [1.807, 2.05) is 11.0 Å². The van der Waals surface area contributed by atoms with Gasteiger partial charge in [-0.1, -0.05) is 13.8 Å². The van der Waals surface area contributed by atoms with Crippen LogP contribution in [-0.4, -0.2) is 28.6 Å². The van der Waals surface area contributed by atoms with Gasteiger partial charge in [0.25, 0.3) is 0 Å². The molecule has 2 fully saturated rings. The largest absolute Gasteiger partial charge is 0.337 e. The van der Waals surface area contributed by atoms with Gasteiger partial charge in [0.2, 0.25) is 5.91 Å². The fourth-order valence-electron chi connectivity index (χ4n) is 5.83. The maximum Gasteiger partial charge on any atom is 0.228 e. The van der Waals surface area contributed by atoms with Crippen molar-refractivity contribution in [3.8, 4) is 0 Å². The normalized spacial score (nSPS) is 34.3. The second-order valence-electron chi connectivity index (χ2n) is 8.98. The van der Waals surface area contributed by atoms with Crippen molar-refractivity contribution in [2.24, 2.45) is 23.2 Å². The third kappa shape index (κ3) is 3.11. The van der Waals surface area contributed by atoms with Crippen LogP contribution in [0.25, 0.3) is 0 Å². The van der Waals surface area contributed by atoms with Crippen LogP contribution in [0, 0.1) is 23.2 Å². The summed E-state index contributed by atoms with van der Waals surface area (Å²) in [7, 11) is 0. The predicted molar refractivity (Wildman–Crippen MR) is 96.1 cm³/mol. The molecule has 2 saturated carbocycles. The van der Waals surface area contributed by atoms with Crippen molar-refractivity contribution in [1.82, 2.24) is 9.88 Å². The van der Waals surface area contributed by atoms with Gasteiger partial charge < -0.3 is 4.90 Å². The number of aldehydes is 1. The quantitative estimate of drug-likeness (QED) is 0.773. The molecule has 2 aliphatic carbocycles. The lowest BCUT2D eigenvalue weighted by atomic mass is 9.59. The number of hydrogen-bond acceptors (Lipinski definition) is 3. The monoisotopic (exact) mass is 340 g/mol. The van der Waals surface area contributed by atoms with Crippen LogP contribution in [0.1, 0.15) is 67.6 Å². The number of carbonyl (C=O) groups is 2. The van der Waals surface area contributed by atoms with Crippen molar-refractivity contribution in [2.75, 3.05) is 6.54 Å². The van der Waals surface area contributed by atoms with Crippen molar-refractivity contribution in [3.63, 3.8) is 0 Å². The maximum atomic E-state index is 13.4. The third-order valence-electron chi connectivity index (χ3n) is 6.62. The minimum Gasteiger partial charge on any atom is -0.337 e. The number of aromatic nitrogens is 1. The molecule has 0 N–H and O–H groups in total. The smallest absolute Gasteiger partial charge is 0.228 e. The van der Waals surface area contributed by atoms with E-state index in [4.69, 9.17) is 0 Å². The van der Waals surface area contributed by atoms with E-state index in [2.05, 4.69) is 18.8 Å². The average Bonchev–Trinajstić information content (AvgIpc) is 2.58. The summed E-state index contributed by atoms with van der Waals surface area (Å²) >= 11 is 0. The molecular formula is C21H28N2O2. The first-order valence-electron chi connectivity index (χ1n) is 9.69. The molecule has 25 heavy (non-hydrogen) atoms. The Kier molecular flexibility index (Phi) is 4.17. The molecule has 134 valence electrons. The number of nitrogens with zero attached hydrogens (tertiary/aromatic N) is 2. The summed E-state index contributed by atoms with van der Waals surface area (Å²) in [5.74, 6) is 2.57. The highest BCUT2D eigenvalue weighted by molar-refractivity contribution is 5.83. The summed E-state index contributed by atoms with van der Waals surface area (Å²) in [6, 6.07) is 1.90. The van der Waals surface area contributed by atoms with Crippen LogP contribution < -0.4 is 0 Å². The topological polar surface area (TPSA) is 50.3 Å². The molecule has 2 bridgehead atoms. The number of carbonyl (C=O) groups excluding carboxylic acids is 2. The molecular weight excluding hydrogens is 312 g/mol. The van der Waals surface area contributed by atoms with E-state index in [0.29, 0.717) is 18.0 Å². The van der Waals surface area contributed by atoms with Gasteiger partial charge in [0.1, 0.15) is 0 Å². The van der Waals surface area contributed by atoms with Crippen LogP contribution in [0.2, 0.25) is 0 Å². The van der Waals surface area contributed by atoms with Gasteiger partial charge in [-0.05, 0) is 61.5 Å². The molecule has 3 aliphatic rings. The number of hydrogen-bond donors (Lipinski definition) is 0. The highest BCUT2D eigenvalue weighted by atomic mass is 16.2. The van der Waals surface area contributed by atoms with Crippen LogP contribution in [-0.2, 0) is 17.8 Å². The first-order valence-corrected chi connectivity index (χ1v) is 9.69. The molecule has 2 heterocycles. The van der Waals surface area contributed by atoms with Gasteiger partial charge >= 0.3 is 0 Å². The van der Waals surface area contributed by atoms with Crippen molar-refractivity contribution in [3.05, 3.63) is 29.1 Å². The Morgan fingerprint density at radius 1 is 1.28 bits per heavy atom. The SMILES string of the molecule is CC1CC2CC(C1)CC(C)(C(=O)N1CCc3ncc(C=O)cc3C1)C2. The van der Waals surface area contributed by atoms with E-state index in [1.54, 1.807) is 6.20 Å². The number of fused-ring (bicyclic) bond motifs is 3. The van der Waals surface area contributed by atoms with Gasteiger partial charge in [-0.25, -0.2) is 0 Å². The van der Waals surface area contributed by atoms with Crippen molar-refractivity contribution >= 4 is 12.2 Å². The molecule has 1 amide bonds. The second-order valence-corrected chi connectivity index (χ2v) is 8.98. The third-order valence-corrected chi connectivity index (χ3v) is 6.62. The molecule has 1 aromatic rings. The van der Waals surface area contributed by atoms with E-state index in [9.17, 15) is 9.59 Å². The van der Waals surface area contributed by atoms with E-state index in [-0.39, 0.29) is 5.41 Å². The Labute approximate surface area is 150 Å². The Hall–Kier alpha value is -1.71. The summed E-state index contributed by atoms with van der Waals surface area (Å²) in [6.07, 6.45) is 9.24. The van der Waals surface area contributed by atoms with Gasteiger partial charge in [-0.2, -0.15) is 0 Å². The zero-order valence-corrected chi connectivity index (χ0v) is 15.3. The molecule has 4 nitrogen and oxygen atoms in total. The van der Waals surface area contributed by atoms with Crippen LogP contribution in [0.5, 0.6) is 0 Å². The Morgan fingerprint density at radius 2 is 2.00 bits per heavy atom. The molecule has 1 aliphatic heterocycles. The number of pyridine rings is 1. The summed E-state index contributed by atoms with van der Waals surface area (Å²) in [5.41, 5.74) is 2.47. The van der Waals surface area contributed by atoms with Gasteiger partial charge in [0, 0.05) is 42.4 Å². The molecule has 1 aromatic heterocycles. The summed E-state index contributed by atoms with van der Waals surface area (Å²) in [6.45, 7) is 5.91. The van der Waals surface area contributed by atoms with Gasteiger partial charge in [-0.15, -0.1) is 0 Å². The average molecular weight is 340 g/mol. The first kappa shape index (κ1) is 16.7. The van der Waals surface area contributed by atoms with Gasteiger partial charge in [0.05, 0.1) is 0 Å². The van der Waals surface area contributed by atoms with E-state index >= 15 is 0 Å². The lowest BCUT2D eigenvalue weighted by Gasteiger charge is -2.48. The standard InChI is InChI=1S/C21H28N2O2/c1-14-5-15-7-16(6-14)10-21(2,9-15)20(25)23-4-3-19-18(12-23)8-17(13-24)11-22-19/h8,11,13-16H,3-7,9-10,12H2,1-2H3. The molecule has 0 aromatic carbocycles. The van der Waals surface area contributed by atoms with E-state index < -0.39 is 0 Å². The van der Waals surface area contributed by atoms with Crippen LogP contribution in [0.3, 0.4) is 0 Å². The predicted octanol–water partition coefficient (Wildman–Crippen LogP) is 3.63. The Bertz CT molecular complexity index is 681. The van der Waals surface area contributed by atoms with Gasteiger partial charge in [-0.3, -0.25) is 14.6 Å². The summed E-state index contributed by atoms with van der Waals surface area (Å²) in [4.78, 5) is 30.8. The van der Waals surface area contributed by atoms with Crippen molar-refractivity contribution in [1.29, 1.82) is 0 Å². The fourth-order valence-corrected chi connectivity index (χ4v) is 5.83. The Morgan fingerprint density at radius 3 is 2.68 bits per heavy atom. The minimum absolute atomic E-state index is 0.207. The number of amides is 1. The maximum absolute atomic E-state index is 13.4. The molecule has 4 heteroatoms. The summed E-state index contributed by atoms with van der Waals surface area (Å²) < 4.78 is 0. The highest BCUT2D eigenvalue weighted by Gasteiger charge is 2.46. The zero-order valence-electron chi connectivity index (χ0n) is 15.3. The zero-order chi connectivity index (χ0) is 17.6. The summed E-state index contributed by atoms with van der Waals surface area (Å²) in [5, 5.41) is 0. The lowest BCUT2D eigenvalue weighted by molar-refractivity contribution is -0.147. The molecule has 2 atom stereocenters. The van der Waals surface area contributed by atoms with Gasteiger partial charge in [0.15, 0.2) is 6.29 Å². The molecule has 4 rings (SSSR count). The van der Waals surface area contributed by atoms with Crippen molar-refractivity contribution in [2.45, 2.75) is 58.9 Å². The van der Waals surface area contributed by atoms with E-state index in [0.717, 1.165) is 61.1 Å². The molecule has 0 radical (unpaired) electrons. The molecule has 0 spiro atoms. The van der Waals surface area contributed by atoms with Crippen LogP contribution in [0.15, 0.2) is 12.3 Å². The van der Waals surface area contributed by atoms with Crippen LogP contribution >= 0.6 is 0 Å². The second kappa shape index (κ2) is 6.22. The van der Waals surface area contributed by atoms with Crippen molar-refractivity contribution < 1.29 is 9.59 Å². The Balaban J connectivity index is 1.52.